The fraction of sp³-hybridized carbons (Fsp3) is 0.333. The Balaban J connectivity index is 1.86. The van der Waals surface area contributed by atoms with E-state index in [-0.39, 0.29) is 5.56 Å². The zero-order valence-corrected chi connectivity index (χ0v) is 18.9. The summed E-state index contributed by atoms with van der Waals surface area (Å²) >= 11 is 0. The minimum absolute atomic E-state index is 0.237. The second kappa shape index (κ2) is 8.43. The molecule has 1 saturated carbocycles. The molecule has 0 amide bonds. The van der Waals surface area contributed by atoms with Gasteiger partial charge in [0.1, 0.15) is 5.75 Å². The van der Waals surface area contributed by atoms with Gasteiger partial charge in [-0.3, -0.25) is 0 Å². The number of hydrogen-bond acceptors (Lipinski definition) is 4. The number of esters is 1. The lowest BCUT2D eigenvalue weighted by atomic mass is 9.81. The number of ether oxygens (including phenoxy) is 2. The van der Waals surface area contributed by atoms with Crippen molar-refractivity contribution in [3.63, 3.8) is 0 Å². The summed E-state index contributed by atoms with van der Waals surface area (Å²) in [6, 6.07) is 11.3. The van der Waals surface area contributed by atoms with Gasteiger partial charge in [-0.15, -0.1) is 0 Å². The van der Waals surface area contributed by atoms with Crippen LogP contribution in [0.3, 0.4) is 0 Å². The first-order chi connectivity index (χ1) is 16.0. The lowest BCUT2D eigenvalue weighted by Crippen LogP contribution is -2.11. The number of aromatic carboxylic acids is 1. The molecule has 2 aliphatic rings. The quantitative estimate of drug-likeness (QED) is 0.527. The first-order valence-electron chi connectivity index (χ1n) is 11.4. The van der Waals surface area contributed by atoms with Gasteiger partial charge >= 0.3 is 11.9 Å². The highest BCUT2D eigenvalue weighted by atomic mass is 16.5. The van der Waals surface area contributed by atoms with Crippen LogP contribution < -0.4 is 4.74 Å². The Morgan fingerprint density at radius 3 is 2.52 bits per heavy atom. The standard InChI is InChI=1S/C27H27NO5/c1-32-20-9-11-21-18(13-20)12-19(27(31)33-2)15-28-23-14-17(26(29)30)8-10-22(23)24(25(21)28)16-6-4-3-5-7-16/h8-14,16H,3-7,15H2,1-2H3,(H,29,30). The first kappa shape index (κ1) is 21.3. The topological polar surface area (TPSA) is 77.8 Å². The molecule has 2 aromatic carbocycles. The molecule has 2 heterocycles. The van der Waals surface area contributed by atoms with Crippen LogP contribution in [0.2, 0.25) is 0 Å². The summed E-state index contributed by atoms with van der Waals surface area (Å²) in [5.41, 5.74) is 5.82. The van der Waals surface area contributed by atoms with Crippen molar-refractivity contribution in [2.75, 3.05) is 14.2 Å². The summed E-state index contributed by atoms with van der Waals surface area (Å²) in [5.74, 6) is -0.254. The lowest BCUT2D eigenvalue weighted by molar-refractivity contribution is -0.136. The van der Waals surface area contributed by atoms with E-state index in [1.165, 1.54) is 31.9 Å². The van der Waals surface area contributed by atoms with Crippen molar-refractivity contribution in [2.45, 2.75) is 44.6 Å². The summed E-state index contributed by atoms with van der Waals surface area (Å²) in [6.07, 6.45) is 7.70. The molecule has 0 unspecified atom stereocenters. The number of fused-ring (bicyclic) bond motifs is 5. The normalized spacial score (nSPS) is 15.9. The second-order valence-electron chi connectivity index (χ2n) is 8.83. The summed E-state index contributed by atoms with van der Waals surface area (Å²) in [5, 5.41) is 10.7. The second-order valence-corrected chi connectivity index (χ2v) is 8.83. The Bertz CT molecular complexity index is 1290. The summed E-state index contributed by atoms with van der Waals surface area (Å²) in [6.45, 7) is 0.311. The molecule has 6 nitrogen and oxygen atoms in total. The number of carboxylic acid groups (broad SMARTS) is 1. The van der Waals surface area contributed by atoms with Crippen LogP contribution in [-0.4, -0.2) is 35.8 Å². The van der Waals surface area contributed by atoms with E-state index < -0.39 is 11.9 Å². The van der Waals surface area contributed by atoms with E-state index in [0.717, 1.165) is 40.6 Å². The first-order valence-corrected chi connectivity index (χ1v) is 11.4. The van der Waals surface area contributed by atoms with E-state index in [0.29, 0.717) is 23.8 Å². The van der Waals surface area contributed by atoms with Gasteiger partial charge in [0.2, 0.25) is 0 Å². The minimum Gasteiger partial charge on any atom is -0.497 e. The van der Waals surface area contributed by atoms with E-state index in [9.17, 15) is 14.7 Å². The van der Waals surface area contributed by atoms with Crippen LogP contribution in [0.25, 0.3) is 28.2 Å². The van der Waals surface area contributed by atoms with E-state index in [1.54, 1.807) is 19.2 Å². The minimum atomic E-state index is -0.964. The number of carbonyl (C=O) groups excluding carboxylic acids is 1. The fourth-order valence-electron chi connectivity index (χ4n) is 5.43. The molecule has 3 aromatic rings. The van der Waals surface area contributed by atoms with E-state index >= 15 is 0 Å². The molecule has 0 radical (unpaired) electrons. The van der Waals surface area contributed by atoms with Crippen LogP contribution in [-0.2, 0) is 16.1 Å². The molecule has 1 N–H and O–H groups in total. The molecule has 0 saturated heterocycles. The highest BCUT2D eigenvalue weighted by Gasteiger charge is 2.30. The molecule has 6 heteroatoms. The van der Waals surface area contributed by atoms with Crippen LogP contribution in [0.5, 0.6) is 5.75 Å². The van der Waals surface area contributed by atoms with Crippen LogP contribution in [0.15, 0.2) is 42.0 Å². The van der Waals surface area contributed by atoms with E-state index in [2.05, 4.69) is 4.57 Å². The molecule has 0 bridgehead atoms. The third-order valence-electron chi connectivity index (χ3n) is 6.98. The average Bonchev–Trinajstić information content (AvgIpc) is 3.06. The molecule has 33 heavy (non-hydrogen) atoms. The van der Waals surface area contributed by atoms with Gasteiger partial charge in [0, 0.05) is 16.5 Å². The van der Waals surface area contributed by atoms with Crippen molar-refractivity contribution in [3.8, 4) is 17.0 Å². The van der Waals surface area contributed by atoms with Gasteiger partial charge in [0.15, 0.2) is 0 Å². The number of carbonyl (C=O) groups is 2. The predicted octanol–water partition coefficient (Wildman–Crippen LogP) is 5.63. The predicted molar refractivity (Wildman–Crippen MR) is 127 cm³/mol. The third kappa shape index (κ3) is 3.59. The Kier molecular flexibility index (Phi) is 5.44. The van der Waals surface area contributed by atoms with Gasteiger partial charge in [-0.2, -0.15) is 0 Å². The number of nitrogens with zero attached hydrogens (tertiary/aromatic N) is 1. The number of hydrogen-bond donors (Lipinski definition) is 1. The summed E-state index contributed by atoms with van der Waals surface area (Å²) < 4.78 is 12.6. The van der Waals surface area contributed by atoms with Crippen LogP contribution >= 0.6 is 0 Å². The maximum Gasteiger partial charge on any atom is 0.335 e. The molecule has 0 spiro atoms. The van der Waals surface area contributed by atoms with Crippen molar-refractivity contribution in [2.24, 2.45) is 0 Å². The summed E-state index contributed by atoms with van der Waals surface area (Å²) in [4.78, 5) is 24.5. The SMILES string of the molecule is COC(=O)C1=Cc2cc(OC)ccc2-c2c(C3CCCCC3)c3ccc(C(=O)O)cc3n2C1. The number of benzene rings is 2. The molecule has 170 valence electrons. The number of aromatic nitrogens is 1. The van der Waals surface area contributed by atoms with E-state index in [1.807, 2.05) is 30.3 Å². The van der Waals surface area contributed by atoms with Crippen LogP contribution in [0.1, 0.15) is 59.5 Å². The van der Waals surface area contributed by atoms with E-state index in [4.69, 9.17) is 9.47 Å². The Morgan fingerprint density at radius 2 is 1.82 bits per heavy atom. The average molecular weight is 446 g/mol. The lowest BCUT2D eigenvalue weighted by Gasteiger charge is -2.24. The molecule has 1 aliphatic heterocycles. The molecular weight excluding hydrogens is 418 g/mol. The van der Waals surface area contributed by atoms with Gasteiger partial charge in [-0.25, -0.2) is 9.59 Å². The Labute approximate surface area is 192 Å². The number of rotatable bonds is 4. The molecule has 1 aliphatic carbocycles. The van der Waals surface area contributed by atoms with Gasteiger partial charge in [-0.1, -0.05) is 25.3 Å². The smallest absolute Gasteiger partial charge is 0.335 e. The highest BCUT2D eigenvalue weighted by Crippen LogP contribution is 2.47. The van der Waals surface area contributed by atoms with Gasteiger partial charge in [-0.05, 0) is 66.3 Å². The molecular formula is C27H27NO5. The maximum atomic E-state index is 12.7. The van der Waals surface area contributed by atoms with Gasteiger partial charge < -0.3 is 19.1 Å². The zero-order chi connectivity index (χ0) is 23.1. The molecule has 1 aromatic heterocycles. The van der Waals surface area contributed by atoms with Crippen molar-refractivity contribution in [3.05, 3.63) is 58.7 Å². The van der Waals surface area contributed by atoms with Crippen molar-refractivity contribution in [1.82, 2.24) is 4.57 Å². The molecule has 5 rings (SSSR count). The third-order valence-corrected chi connectivity index (χ3v) is 6.98. The van der Waals surface area contributed by atoms with Crippen LogP contribution in [0.4, 0.5) is 0 Å². The fourth-order valence-corrected chi connectivity index (χ4v) is 5.43. The number of methoxy groups -OCH3 is 2. The summed E-state index contributed by atoms with van der Waals surface area (Å²) in [7, 11) is 3.01. The maximum absolute atomic E-state index is 12.7. The van der Waals surface area contributed by atoms with Crippen LogP contribution in [0, 0.1) is 0 Å². The van der Waals surface area contributed by atoms with Crippen molar-refractivity contribution < 1.29 is 24.2 Å². The highest BCUT2D eigenvalue weighted by molar-refractivity contribution is 6.02. The van der Waals surface area contributed by atoms with Gasteiger partial charge in [0.05, 0.1) is 37.6 Å². The Morgan fingerprint density at radius 1 is 1.03 bits per heavy atom. The largest absolute Gasteiger partial charge is 0.497 e. The Hall–Kier alpha value is -3.54. The van der Waals surface area contributed by atoms with Crippen molar-refractivity contribution in [1.29, 1.82) is 0 Å². The molecule has 0 atom stereocenters. The zero-order valence-electron chi connectivity index (χ0n) is 18.9. The molecule has 1 fully saturated rings. The monoisotopic (exact) mass is 445 g/mol. The number of carboxylic acids is 1. The van der Waals surface area contributed by atoms with Crippen molar-refractivity contribution >= 4 is 28.9 Å². The van der Waals surface area contributed by atoms with Gasteiger partial charge in [0.25, 0.3) is 0 Å².